The van der Waals surface area contributed by atoms with Crippen molar-refractivity contribution in [1.29, 1.82) is 0 Å². The van der Waals surface area contributed by atoms with Crippen LogP contribution >= 0.6 is 0 Å². The van der Waals surface area contributed by atoms with Crippen molar-refractivity contribution in [3.8, 4) is 0 Å². The lowest BCUT2D eigenvalue weighted by Gasteiger charge is -2.22. The molecule has 4 atom stereocenters. The van der Waals surface area contributed by atoms with Crippen LogP contribution in [0.2, 0.25) is 0 Å². The molecule has 1 saturated heterocycles. The molecule has 0 radical (unpaired) electrons. The van der Waals surface area contributed by atoms with Gasteiger partial charge < -0.3 is 19.3 Å². The van der Waals surface area contributed by atoms with Crippen LogP contribution in [0.1, 0.15) is 40.0 Å². The van der Waals surface area contributed by atoms with Crippen molar-refractivity contribution in [3.63, 3.8) is 0 Å². The first kappa shape index (κ1) is 23.5. The molecule has 2 rings (SSSR count). The van der Waals surface area contributed by atoms with E-state index >= 15 is 0 Å². The summed E-state index contributed by atoms with van der Waals surface area (Å²) >= 11 is 0. The first-order valence-corrected chi connectivity index (χ1v) is 9.94. The van der Waals surface area contributed by atoms with E-state index in [4.69, 9.17) is 14.2 Å². The zero-order valence-corrected chi connectivity index (χ0v) is 17.5. The molecule has 4 unspecified atom stereocenters. The number of fused-ring (bicyclic) bond motifs is 1. The zero-order valence-electron chi connectivity index (χ0n) is 17.5. The number of aliphatic hydroxyl groups is 1. The second-order valence-electron chi connectivity index (χ2n) is 7.57. The Bertz CT molecular complexity index is 791. The number of hydrogen-bond acceptors (Lipinski definition) is 8. The van der Waals surface area contributed by atoms with Crippen LogP contribution in [0.4, 0.5) is 0 Å². The average molecular weight is 420 g/mol. The molecule has 0 spiro atoms. The lowest BCUT2D eigenvalue weighted by atomic mass is 9.86. The fourth-order valence-electron chi connectivity index (χ4n) is 3.30. The van der Waals surface area contributed by atoms with Gasteiger partial charge in [-0.1, -0.05) is 20.4 Å². The smallest absolute Gasteiger partial charge is 0.334 e. The van der Waals surface area contributed by atoms with E-state index in [0.717, 1.165) is 0 Å². The number of carbonyl (C=O) groups excluding carboxylic acids is 4. The molecule has 0 bridgehead atoms. The molecule has 8 nitrogen and oxygen atoms in total. The van der Waals surface area contributed by atoms with Gasteiger partial charge in [0.25, 0.3) is 0 Å². The van der Waals surface area contributed by atoms with Crippen molar-refractivity contribution in [3.05, 3.63) is 35.5 Å². The number of hydrogen-bond donors (Lipinski definition) is 1. The van der Waals surface area contributed by atoms with Gasteiger partial charge in [0.1, 0.15) is 18.8 Å². The van der Waals surface area contributed by atoms with Gasteiger partial charge in [-0.2, -0.15) is 0 Å². The van der Waals surface area contributed by atoms with Gasteiger partial charge in [0.2, 0.25) is 0 Å². The summed E-state index contributed by atoms with van der Waals surface area (Å²) in [4.78, 5) is 48.3. The van der Waals surface area contributed by atoms with Crippen LogP contribution in [-0.4, -0.2) is 54.2 Å². The molecule has 2 aliphatic rings. The summed E-state index contributed by atoms with van der Waals surface area (Å²) in [6.45, 7) is 7.97. The molecule has 8 heteroatoms. The molecule has 30 heavy (non-hydrogen) atoms. The van der Waals surface area contributed by atoms with Gasteiger partial charge in [-0.15, -0.1) is 0 Å². The number of ketones is 1. The number of esters is 3. The van der Waals surface area contributed by atoms with Crippen LogP contribution in [0.3, 0.4) is 0 Å². The van der Waals surface area contributed by atoms with Crippen molar-refractivity contribution in [2.24, 2.45) is 11.8 Å². The molecule has 1 N–H and O–H groups in total. The monoisotopic (exact) mass is 420 g/mol. The quantitative estimate of drug-likeness (QED) is 0.299. The van der Waals surface area contributed by atoms with Crippen LogP contribution in [-0.2, 0) is 33.4 Å². The Kier molecular flexibility index (Phi) is 8.11. The van der Waals surface area contributed by atoms with E-state index in [1.54, 1.807) is 13.0 Å². The van der Waals surface area contributed by atoms with Gasteiger partial charge >= 0.3 is 17.9 Å². The lowest BCUT2D eigenvalue weighted by Crippen LogP contribution is -2.26. The summed E-state index contributed by atoms with van der Waals surface area (Å²) in [7, 11) is 0. The molecule has 164 valence electrons. The van der Waals surface area contributed by atoms with Crippen LogP contribution in [0.15, 0.2) is 35.5 Å². The predicted octanol–water partition coefficient (Wildman–Crippen LogP) is 1.81. The summed E-state index contributed by atoms with van der Waals surface area (Å²) in [6.07, 6.45) is 2.06. The molecule has 1 fully saturated rings. The molecular weight excluding hydrogens is 392 g/mol. The SMILES string of the molecule is C=C1C(=O)OC2C=C(COC(=O)C(C)CC)CC(OC(C)=O)C=C(CO)C(=O)CC12. The van der Waals surface area contributed by atoms with Gasteiger partial charge in [0, 0.05) is 36.8 Å². The van der Waals surface area contributed by atoms with E-state index in [0.29, 0.717) is 12.0 Å². The second-order valence-corrected chi connectivity index (χ2v) is 7.57. The predicted molar refractivity (Wildman–Crippen MR) is 106 cm³/mol. The van der Waals surface area contributed by atoms with E-state index in [2.05, 4.69) is 6.58 Å². The van der Waals surface area contributed by atoms with Crippen molar-refractivity contribution in [2.45, 2.75) is 52.2 Å². The zero-order chi connectivity index (χ0) is 22.4. The van der Waals surface area contributed by atoms with Crippen molar-refractivity contribution in [2.75, 3.05) is 13.2 Å². The number of Topliss-reactive ketones (excluding diaryl/α,β-unsaturated/α-hetero) is 1. The lowest BCUT2D eigenvalue weighted by molar-refractivity contribution is -0.148. The Morgan fingerprint density at radius 3 is 2.60 bits per heavy atom. The van der Waals surface area contributed by atoms with E-state index in [1.165, 1.54) is 13.0 Å². The molecule has 0 amide bonds. The highest BCUT2D eigenvalue weighted by molar-refractivity contribution is 5.98. The van der Waals surface area contributed by atoms with Crippen molar-refractivity contribution < 1.29 is 38.5 Å². The van der Waals surface area contributed by atoms with Gasteiger partial charge in [-0.05, 0) is 24.1 Å². The molecule has 1 aliphatic carbocycles. The van der Waals surface area contributed by atoms with Crippen molar-refractivity contribution in [1.82, 2.24) is 0 Å². The van der Waals surface area contributed by atoms with Gasteiger partial charge in [-0.25, -0.2) is 4.79 Å². The topological polar surface area (TPSA) is 116 Å². The second kappa shape index (κ2) is 10.3. The van der Waals surface area contributed by atoms with Crippen LogP contribution in [0.25, 0.3) is 0 Å². The van der Waals surface area contributed by atoms with Crippen LogP contribution in [0, 0.1) is 11.8 Å². The summed E-state index contributed by atoms with van der Waals surface area (Å²) in [5, 5.41) is 9.65. The minimum Gasteiger partial charge on any atom is -0.461 e. The maximum absolute atomic E-state index is 12.6. The summed E-state index contributed by atoms with van der Waals surface area (Å²) in [5.74, 6) is -2.78. The third-order valence-electron chi connectivity index (χ3n) is 5.27. The highest BCUT2D eigenvalue weighted by Gasteiger charge is 2.40. The minimum atomic E-state index is -0.848. The third kappa shape index (κ3) is 5.89. The third-order valence-corrected chi connectivity index (χ3v) is 5.27. The standard InChI is InChI=1S/C22H28O8/c1-5-12(2)21(26)28-11-15-6-17(29-14(4)24)8-16(10-23)19(25)9-18-13(3)22(27)30-20(18)7-15/h7-8,12,17-18,20,23H,3,5-6,9-11H2,1-2,4H3. The molecule has 0 aromatic rings. The largest absolute Gasteiger partial charge is 0.461 e. The molecule has 0 saturated carbocycles. The fraction of sp³-hybridized carbons (Fsp3) is 0.545. The average Bonchev–Trinajstić information content (AvgIpc) is 2.95. The Morgan fingerprint density at radius 1 is 1.30 bits per heavy atom. The normalized spacial score (nSPS) is 25.5. The molecule has 0 aromatic heterocycles. The molecular formula is C22H28O8. The highest BCUT2D eigenvalue weighted by atomic mass is 16.6. The van der Waals surface area contributed by atoms with E-state index in [1.807, 2.05) is 6.92 Å². The first-order chi connectivity index (χ1) is 14.2. The number of rotatable bonds is 6. The van der Waals surface area contributed by atoms with E-state index < -0.39 is 36.7 Å². The van der Waals surface area contributed by atoms with Crippen LogP contribution in [0.5, 0.6) is 0 Å². The number of carbonyl (C=O) groups is 4. The molecule has 1 aliphatic heterocycles. The van der Waals surface area contributed by atoms with Crippen molar-refractivity contribution >= 4 is 23.7 Å². The molecule has 0 aromatic carbocycles. The Hall–Kier alpha value is -2.74. The highest BCUT2D eigenvalue weighted by Crippen LogP contribution is 2.33. The fourth-order valence-corrected chi connectivity index (χ4v) is 3.30. The van der Waals surface area contributed by atoms with Gasteiger partial charge in [0.15, 0.2) is 5.78 Å². The molecule has 1 heterocycles. The Morgan fingerprint density at radius 2 is 2.00 bits per heavy atom. The Balaban J connectivity index is 2.39. The summed E-state index contributed by atoms with van der Waals surface area (Å²) < 4.78 is 16.0. The number of aliphatic hydroxyl groups excluding tert-OH is 1. The van der Waals surface area contributed by atoms with E-state index in [9.17, 15) is 24.3 Å². The van der Waals surface area contributed by atoms with E-state index in [-0.39, 0.29) is 48.3 Å². The van der Waals surface area contributed by atoms with Crippen LogP contribution < -0.4 is 0 Å². The first-order valence-electron chi connectivity index (χ1n) is 9.94. The Labute approximate surface area is 175 Å². The maximum Gasteiger partial charge on any atom is 0.334 e. The van der Waals surface area contributed by atoms with Gasteiger partial charge in [0.05, 0.1) is 12.5 Å². The summed E-state index contributed by atoms with van der Waals surface area (Å²) in [6, 6.07) is 0. The van der Waals surface area contributed by atoms with Gasteiger partial charge in [-0.3, -0.25) is 14.4 Å². The minimum absolute atomic E-state index is 0.0741. The number of ether oxygens (including phenoxy) is 3. The summed E-state index contributed by atoms with van der Waals surface area (Å²) in [5.41, 5.74) is 0.818. The maximum atomic E-state index is 12.6.